The van der Waals surface area contributed by atoms with Crippen molar-refractivity contribution in [2.24, 2.45) is 0 Å². The molecule has 2 aliphatic heterocycles. The van der Waals surface area contributed by atoms with E-state index in [0.29, 0.717) is 31.5 Å². The van der Waals surface area contributed by atoms with Crippen molar-refractivity contribution in [2.45, 2.75) is 25.4 Å². The van der Waals surface area contributed by atoms with E-state index >= 15 is 0 Å². The lowest BCUT2D eigenvalue weighted by Gasteiger charge is -2.46. The lowest BCUT2D eigenvalue weighted by molar-refractivity contribution is 0.0644. The molecule has 0 radical (unpaired) electrons. The zero-order valence-corrected chi connectivity index (χ0v) is 14.3. The lowest BCUT2D eigenvalue weighted by Crippen LogP contribution is -2.62. The van der Waals surface area contributed by atoms with E-state index in [1.807, 2.05) is 47.5 Å². The van der Waals surface area contributed by atoms with Crippen LogP contribution < -0.4 is 10.6 Å². The summed E-state index contributed by atoms with van der Waals surface area (Å²) in [5, 5.41) is 8.58. The monoisotopic (exact) mass is 341 g/mol. The van der Waals surface area contributed by atoms with Crippen LogP contribution in [0.3, 0.4) is 0 Å². The number of piperidine rings is 1. The Kier molecular flexibility index (Phi) is 3.57. The first-order valence-corrected chi connectivity index (χ1v) is 8.99. The summed E-state index contributed by atoms with van der Waals surface area (Å²) in [5.41, 5.74) is 2.22. The number of para-hydroxylation sites is 1. The van der Waals surface area contributed by atoms with E-state index in [1.54, 1.807) is 0 Å². The normalized spacial score (nSPS) is 18.7. The van der Waals surface area contributed by atoms with E-state index in [4.69, 9.17) is 0 Å². The first-order chi connectivity index (χ1) is 11.6. The van der Waals surface area contributed by atoms with Crippen LogP contribution in [0.25, 0.3) is 0 Å². The van der Waals surface area contributed by atoms with Gasteiger partial charge in [0.25, 0.3) is 11.8 Å². The second-order valence-electron chi connectivity index (χ2n) is 6.43. The summed E-state index contributed by atoms with van der Waals surface area (Å²) in [4.78, 5) is 27.6. The van der Waals surface area contributed by atoms with Crippen molar-refractivity contribution in [3.05, 3.63) is 51.7 Å². The number of rotatable bonds is 1. The largest absolute Gasteiger partial charge is 0.362 e. The van der Waals surface area contributed by atoms with Gasteiger partial charge in [-0.15, -0.1) is 11.3 Å². The first-order valence-electron chi connectivity index (χ1n) is 8.11. The highest BCUT2D eigenvalue weighted by molar-refractivity contribution is 7.12. The molecular formula is C18H19N3O2S. The molecule has 1 spiro atoms. The molecule has 124 valence electrons. The minimum absolute atomic E-state index is 0.0366. The molecule has 1 aromatic heterocycles. The Morgan fingerprint density at radius 2 is 1.96 bits per heavy atom. The van der Waals surface area contributed by atoms with Gasteiger partial charge in [0.05, 0.1) is 16.1 Å². The van der Waals surface area contributed by atoms with Crippen molar-refractivity contribution in [2.75, 3.05) is 18.4 Å². The first kappa shape index (κ1) is 15.2. The molecule has 2 N–H and O–H groups in total. The molecule has 4 rings (SSSR count). The van der Waals surface area contributed by atoms with Crippen molar-refractivity contribution in [1.29, 1.82) is 0 Å². The molecule has 2 amide bonds. The molecule has 2 aliphatic rings. The molecule has 24 heavy (non-hydrogen) atoms. The number of anilines is 1. The van der Waals surface area contributed by atoms with Crippen molar-refractivity contribution in [1.82, 2.24) is 10.2 Å². The number of hydrogen-bond donors (Lipinski definition) is 2. The van der Waals surface area contributed by atoms with Crippen LogP contribution in [0.2, 0.25) is 0 Å². The van der Waals surface area contributed by atoms with E-state index < -0.39 is 5.66 Å². The maximum absolute atomic E-state index is 12.5. The third-order valence-corrected chi connectivity index (χ3v) is 5.73. The molecule has 0 unspecified atom stereocenters. The van der Waals surface area contributed by atoms with Gasteiger partial charge in [-0.2, -0.15) is 0 Å². The van der Waals surface area contributed by atoms with Crippen molar-refractivity contribution in [3.8, 4) is 0 Å². The van der Waals surface area contributed by atoms with Crippen molar-refractivity contribution >= 4 is 28.8 Å². The molecule has 3 heterocycles. The Morgan fingerprint density at radius 3 is 2.67 bits per heavy atom. The quantitative estimate of drug-likeness (QED) is 0.838. The maximum Gasteiger partial charge on any atom is 0.263 e. The molecule has 1 fully saturated rings. The number of aryl methyl sites for hydroxylation is 1. The second kappa shape index (κ2) is 5.63. The molecule has 0 aliphatic carbocycles. The van der Waals surface area contributed by atoms with Gasteiger partial charge in [-0.25, -0.2) is 0 Å². The summed E-state index contributed by atoms with van der Waals surface area (Å²) in [6.45, 7) is 3.27. The van der Waals surface area contributed by atoms with E-state index in [1.165, 1.54) is 11.3 Å². The topological polar surface area (TPSA) is 61.4 Å². The van der Waals surface area contributed by atoms with E-state index in [0.717, 1.165) is 16.1 Å². The fourth-order valence-electron chi connectivity index (χ4n) is 3.48. The van der Waals surface area contributed by atoms with Crippen LogP contribution in [-0.4, -0.2) is 35.5 Å². The maximum atomic E-state index is 12.5. The Morgan fingerprint density at radius 1 is 1.17 bits per heavy atom. The molecule has 6 heteroatoms. The molecule has 0 atom stereocenters. The number of carbonyl (C=O) groups is 2. The second-order valence-corrected chi connectivity index (χ2v) is 7.38. The number of benzene rings is 1. The summed E-state index contributed by atoms with van der Waals surface area (Å²) < 4.78 is 0. The number of fused-ring (bicyclic) bond motifs is 1. The number of likely N-dealkylation sites (tertiary alicyclic amines) is 1. The zero-order valence-electron chi connectivity index (χ0n) is 13.5. The molecule has 1 aromatic carbocycles. The molecule has 5 nitrogen and oxygen atoms in total. The summed E-state index contributed by atoms with van der Waals surface area (Å²) in [7, 11) is 0. The smallest absolute Gasteiger partial charge is 0.263 e. The van der Waals surface area contributed by atoms with Gasteiger partial charge in [-0.05, 0) is 30.0 Å². The van der Waals surface area contributed by atoms with Gasteiger partial charge in [-0.3, -0.25) is 9.59 Å². The fourth-order valence-corrected chi connectivity index (χ4v) is 4.17. The van der Waals surface area contributed by atoms with Gasteiger partial charge in [0.2, 0.25) is 0 Å². The van der Waals surface area contributed by atoms with Gasteiger partial charge in [0.15, 0.2) is 0 Å². The van der Waals surface area contributed by atoms with Crippen molar-refractivity contribution in [3.63, 3.8) is 0 Å². The number of nitrogens with zero attached hydrogens (tertiary/aromatic N) is 1. The Balaban J connectivity index is 1.52. The number of thiophene rings is 1. The summed E-state index contributed by atoms with van der Waals surface area (Å²) in [5.74, 6) is 0.0454. The third kappa shape index (κ3) is 2.47. The van der Waals surface area contributed by atoms with E-state index in [9.17, 15) is 9.59 Å². The SMILES string of the molecule is Cc1cccc2c1NC1(CCN(C(=O)c3cccs3)CC1)NC2=O. The molecule has 0 saturated carbocycles. The highest BCUT2D eigenvalue weighted by Gasteiger charge is 2.41. The lowest BCUT2D eigenvalue weighted by atomic mass is 9.91. The van der Waals surface area contributed by atoms with Crippen molar-refractivity contribution < 1.29 is 9.59 Å². The van der Waals surface area contributed by atoms with Gasteiger partial charge >= 0.3 is 0 Å². The zero-order chi connectivity index (χ0) is 16.7. The van der Waals surface area contributed by atoms with Gasteiger partial charge in [-0.1, -0.05) is 18.2 Å². The van der Waals surface area contributed by atoms with Crippen LogP contribution in [0.15, 0.2) is 35.7 Å². The predicted molar refractivity (Wildman–Crippen MR) is 94.5 cm³/mol. The van der Waals surface area contributed by atoms with E-state index in [2.05, 4.69) is 10.6 Å². The minimum Gasteiger partial charge on any atom is -0.362 e. The Bertz CT molecular complexity index is 793. The predicted octanol–water partition coefficient (Wildman–Crippen LogP) is 2.84. The number of amides is 2. The van der Waals surface area contributed by atoms with Crippen LogP contribution in [0, 0.1) is 6.92 Å². The van der Waals surface area contributed by atoms with Crippen LogP contribution in [0.5, 0.6) is 0 Å². The van der Waals surface area contributed by atoms with Gasteiger partial charge < -0.3 is 15.5 Å². The van der Waals surface area contributed by atoms with Gasteiger partial charge in [0, 0.05) is 25.9 Å². The standard InChI is InChI=1S/C18H19N3O2S/c1-12-4-2-5-13-15(12)19-18(20-16(13)22)7-9-21(10-8-18)17(23)14-6-3-11-24-14/h2-6,11,19H,7-10H2,1H3,(H,20,22). The average Bonchev–Trinajstić information content (AvgIpc) is 3.11. The van der Waals surface area contributed by atoms with Crippen LogP contribution >= 0.6 is 11.3 Å². The summed E-state index contributed by atoms with van der Waals surface area (Å²) in [6, 6.07) is 9.50. The third-order valence-electron chi connectivity index (χ3n) is 4.87. The Labute approximate surface area is 144 Å². The number of nitrogens with one attached hydrogen (secondary N) is 2. The summed E-state index contributed by atoms with van der Waals surface area (Å²) >= 11 is 1.47. The van der Waals surface area contributed by atoms with Crippen LogP contribution in [0.1, 0.15) is 38.4 Å². The van der Waals surface area contributed by atoms with Gasteiger partial charge in [0.1, 0.15) is 5.66 Å². The Hall–Kier alpha value is -2.34. The highest BCUT2D eigenvalue weighted by Crippen LogP contribution is 2.33. The minimum atomic E-state index is -0.456. The van der Waals surface area contributed by atoms with Crippen LogP contribution in [0.4, 0.5) is 5.69 Å². The average molecular weight is 341 g/mol. The fraction of sp³-hybridized carbons (Fsp3) is 0.333. The van der Waals surface area contributed by atoms with Crippen LogP contribution in [-0.2, 0) is 0 Å². The highest BCUT2D eigenvalue weighted by atomic mass is 32.1. The molecule has 0 bridgehead atoms. The number of carbonyl (C=O) groups excluding carboxylic acids is 2. The molecule has 1 saturated heterocycles. The summed E-state index contributed by atoms with van der Waals surface area (Å²) in [6.07, 6.45) is 1.40. The molecular weight excluding hydrogens is 322 g/mol. The molecule has 2 aromatic rings. The number of hydrogen-bond acceptors (Lipinski definition) is 4. The van der Waals surface area contributed by atoms with E-state index in [-0.39, 0.29) is 11.8 Å².